The molecule has 0 radical (unpaired) electrons. The second-order valence-corrected chi connectivity index (χ2v) is 5.26. The summed E-state index contributed by atoms with van der Waals surface area (Å²) in [6.07, 6.45) is 0.228. The maximum Gasteiger partial charge on any atom is 0.251 e. The molecule has 2 N–H and O–H groups in total. The lowest BCUT2D eigenvalue weighted by Crippen LogP contribution is -2.33. The standard InChI is InChI=1S/C15H23NO2/c1-10(2)8-13(17)9-16-15(18)14-11(3)6-5-7-12(14)4/h5-7,10,13,17H,8-9H2,1-4H3,(H,16,18). The van der Waals surface area contributed by atoms with E-state index in [1.54, 1.807) is 0 Å². The largest absolute Gasteiger partial charge is 0.391 e. The minimum absolute atomic E-state index is 0.103. The number of carbonyl (C=O) groups is 1. The van der Waals surface area contributed by atoms with E-state index in [9.17, 15) is 9.90 Å². The van der Waals surface area contributed by atoms with E-state index >= 15 is 0 Å². The molecule has 1 aromatic rings. The summed E-state index contributed by atoms with van der Waals surface area (Å²) >= 11 is 0. The highest BCUT2D eigenvalue weighted by Gasteiger charge is 2.13. The maximum atomic E-state index is 12.1. The summed E-state index contributed by atoms with van der Waals surface area (Å²) in [6.45, 7) is 8.26. The number of hydrogen-bond acceptors (Lipinski definition) is 2. The van der Waals surface area contributed by atoms with Crippen LogP contribution in [0.25, 0.3) is 0 Å². The van der Waals surface area contributed by atoms with Crippen LogP contribution in [0.15, 0.2) is 18.2 Å². The summed E-state index contributed by atoms with van der Waals surface area (Å²) in [5, 5.41) is 12.5. The molecule has 3 nitrogen and oxygen atoms in total. The van der Waals surface area contributed by atoms with Crippen molar-refractivity contribution < 1.29 is 9.90 Å². The molecule has 0 aliphatic rings. The molecule has 0 aliphatic carbocycles. The van der Waals surface area contributed by atoms with Crippen LogP contribution in [0.5, 0.6) is 0 Å². The van der Waals surface area contributed by atoms with Crippen molar-refractivity contribution in [2.75, 3.05) is 6.54 Å². The highest BCUT2D eigenvalue weighted by Crippen LogP contribution is 2.13. The molecular formula is C15H23NO2. The predicted molar refractivity (Wildman–Crippen MR) is 73.7 cm³/mol. The van der Waals surface area contributed by atoms with Gasteiger partial charge >= 0.3 is 0 Å². The quantitative estimate of drug-likeness (QED) is 0.842. The van der Waals surface area contributed by atoms with E-state index in [4.69, 9.17) is 0 Å². The van der Waals surface area contributed by atoms with Gasteiger partial charge in [0.2, 0.25) is 0 Å². The van der Waals surface area contributed by atoms with E-state index in [0.717, 1.165) is 11.1 Å². The van der Waals surface area contributed by atoms with Gasteiger partial charge in [0.15, 0.2) is 0 Å². The van der Waals surface area contributed by atoms with E-state index in [-0.39, 0.29) is 5.91 Å². The van der Waals surface area contributed by atoms with Gasteiger partial charge in [0.1, 0.15) is 0 Å². The Morgan fingerprint density at radius 3 is 2.33 bits per heavy atom. The van der Waals surface area contributed by atoms with Crippen LogP contribution in [0, 0.1) is 19.8 Å². The number of aryl methyl sites for hydroxylation is 2. The SMILES string of the molecule is Cc1cccc(C)c1C(=O)NCC(O)CC(C)C. The van der Waals surface area contributed by atoms with Crippen LogP contribution in [-0.2, 0) is 0 Å². The van der Waals surface area contributed by atoms with Crippen LogP contribution in [0.2, 0.25) is 0 Å². The van der Waals surface area contributed by atoms with Crippen molar-refractivity contribution in [3.8, 4) is 0 Å². The number of aliphatic hydroxyl groups excluding tert-OH is 1. The monoisotopic (exact) mass is 249 g/mol. The van der Waals surface area contributed by atoms with Gasteiger partial charge in [-0.25, -0.2) is 0 Å². The number of hydrogen-bond donors (Lipinski definition) is 2. The normalized spacial score (nSPS) is 12.6. The first-order chi connectivity index (χ1) is 8.41. The van der Waals surface area contributed by atoms with Gasteiger partial charge in [0.25, 0.3) is 5.91 Å². The van der Waals surface area contributed by atoms with E-state index in [1.165, 1.54) is 0 Å². The predicted octanol–water partition coefficient (Wildman–Crippen LogP) is 2.44. The second kappa shape index (κ2) is 6.55. The van der Waals surface area contributed by atoms with Crippen LogP contribution in [0.3, 0.4) is 0 Å². The van der Waals surface area contributed by atoms with Crippen molar-refractivity contribution >= 4 is 5.91 Å². The molecule has 100 valence electrons. The molecule has 0 heterocycles. The highest BCUT2D eigenvalue weighted by molar-refractivity contribution is 5.97. The molecule has 1 atom stereocenters. The Morgan fingerprint density at radius 1 is 1.28 bits per heavy atom. The van der Waals surface area contributed by atoms with Gasteiger partial charge in [0.05, 0.1) is 6.10 Å². The van der Waals surface area contributed by atoms with Crippen molar-refractivity contribution in [2.24, 2.45) is 5.92 Å². The molecule has 0 saturated carbocycles. The summed E-state index contributed by atoms with van der Waals surface area (Å²) < 4.78 is 0. The van der Waals surface area contributed by atoms with Crippen molar-refractivity contribution in [3.63, 3.8) is 0 Å². The number of amides is 1. The van der Waals surface area contributed by atoms with Crippen LogP contribution < -0.4 is 5.32 Å². The first-order valence-corrected chi connectivity index (χ1v) is 6.44. The van der Waals surface area contributed by atoms with Crippen LogP contribution in [-0.4, -0.2) is 23.7 Å². The molecule has 0 bridgehead atoms. The Bertz CT molecular complexity index is 393. The Kier molecular flexibility index (Phi) is 5.35. The minimum Gasteiger partial charge on any atom is -0.391 e. The average molecular weight is 249 g/mol. The zero-order valence-corrected chi connectivity index (χ0v) is 11.7. The molecular weight excluding hydrogens is 226 g/mol. The molecule has 18 heavy (non-hydrogen) atoms. The molecule has 0 spiro atoms. The molecule has 3 heteroatoms. The van der Waals surface area contributed by atoms with E-state index < -0.39 is 6.10 Å². The lowest BCUT2D eigenvalue weighted by Gasteiger charge is -2.15. The molecule has 0 aliphatic heterocycles. The zero-order chi connectivity index (χ0) is 13.7. The van der Waals surface area contributed by atoms with Gasteiger partial charge in [-0.1, -0.05) is 32.0 Å². The molecule has 0 saturated heterocycles. The van der Waals surface area contributed by atoms with Gasteiger partial charge in [-0.2, -0.15) is 0 Å². The Balaban J connectivity index is 2.61. The summed E-state index contributed by atoms with van der Waals surface area (Å²) in [6, 6.07) is 5.79. The number of carbonyl (C=O) groups excluding carboxylic acids is 1. The molecule has 0 fully saturated rings. The van der Waals surface area contributed by atoms with Crippen molar-refractivity contribution in [2.45, 2.75) is 40.2 Å². The van der Waals surface area contributed by atoms with E-state index in [1.807, 2.05) is 32.0 Å². The fourth-order valence-corrected chi connectivity index (χ4v) is 2.10. The van der Waals surface area contributed by atoms with Gasteiger partial charge in [-0.05, 0) is 37.3 Å². The zero-order valence-electron chi connectivity index (χ0n) is 11.7. The minimum atomic E-state index is -0.474. The van der Waals surface area contributed by atoms with Crippen molar-refractivity contribution in [1.29, 1.82) is 0 Å². The van der Waals surface area contributed by atoms with Gasteiger partial charge < -0.3 is 10.4 Å². The van der Waals surface area contributed by atoms with Crippen LogP contribution >= 0.6 is 0 Å². The van der Waals surface area contributed by atoms with Gasteiger partial charge in [0, 0.05) is 12.1 Å². The smallest absolute Gasteiger partial charge is 0.251 e. The number of rotatable bonds is 5. The Hall–Kier alpha value is -1.35. The molecule has 1 amide bonds. The molecule has 1 unspecified atom stereocenters. The highest BCUT2D eigenvalue weighted by atomic mass is 16.3. The number of nitrogens with one attached hydrogen (secondary N) is 1. The summed E-state index contributed by atoms with van der Waals surface area (Å²) in [7, 11) is 0. The van der Waals surface area contributed by atoms with Crippen LogP contribution in [0.1, 0.15) is 41.8 Å². The molecule has 0 aromatic heterocycles. The number of aliphatic hydroxyl groups is 1. The molecule has 1 aromatic carbocycles. The average Bonchev–Trinajstić information content (AvgIpc) is 2.25. The van der Waals surface area contributed by atoms with Crippen molar-refractivity contribution in [3.05, 3.63) is 34.9 Å². The number of benzene rings is 1. The summed E-state index contributed by atoms with van der Waals surface area (Å²) in [5.74, 6) is 0.325. The molecule has 1 rings (SSSR count). The first-order valence-electron chi connectivity index (χ1n) is 6.44. The summed E-state index contributed by atoms with van der Waals surface area (Å²) in [5.41, 5.74) is 2.64. The third-order valence-corrected chi connectivity index (χ3v) is 2.95. The van der Waals surface area contributed by atoms with Gasteiger partial charge in [-0.15, -0.1) is 0 Å². The van der Waals surface area contributed by atoms with Crippen LogP contribution in [0.4, 0.5) is 0 Å². The third-order valence-electron chi connectivity index (χ3n) is 2.95. The summed E-state index contributed by atoms with van der Waals surface area (Å²) in [4.78, 5) is 12.1. The maximum absolute atomic E-state index is 12.1. The lowest BCUT2D eigenvalue weighted by molar-refractivity contribution is 0.0899. The van der Waals surface area contributed by atoms with Crippen molar-refractivity contribution in [1.82, 2.24) is 5.32 Å². The third kappa shape index (κ3) is 4.15. The van der Waals surface area contributed by atoms with E-state index in [2.05, 4.69) is 19.2 Å². The topological polar surface area (TPSA) is 49.3 Å². The second-order valence-electron chi connectivity index (χ2n) is 5.26. The Labute approximate surface area is 109 Å². The van der Waals surface area contributed by atoms with Gasteiger partial charge in [-0.3, -0.25) is 4.79 Å². The Morgan fingerprint density at radius 2 is 1.83 bits per heavy atom. The van der Waals surface area contributed by atoms with E-state index in [0.29, 0.717) is 24.4 Å². The fourth-order valence-electron chi connectivity index (χ4n) is 2.10. The first kappa shape index (κ1) is 14.7. The fraction of sp³-hybridized carbons (Fsp3) is 0.533. The lowest BCUT2D eigenvalue weighted by atomic mass is 10.0.